The van der Waals surface area contributed by atoms with Gasteiger partial charge in [-0.1, -0.05) is 12.1 Å². The van der Waals surface area contributed by atoms with Gasteiger partial charge in [-0.3, -0.25) is 0 Å². The molecule has 0 saturated heterocycles. The molecule has 0 aromatic heterocycles. The lowest BCUT2D eigenvalue weighted by Crippen LogP contribution is -2.03. The van der Waals surface area contributed by atoms with E-state index in [2.05, 4.69) is 15.9 Å². The number of rotatable bonds is 4. The second-order valence-corrected chi connectivity index (χ2v) is 5.20. The second kappa shape index (κ2) is 6.05. The average Bonchev–Trinajstić information content (AvgIpc) is 2.39. The first-order valence-corrected chi connectivity index (χ1v) is 6.67. The van der Waals surface area contributed by atoms with Crippen LogP contribution in [-0.4, -0.2) is 11.1 Å². The smallest absolute Gasteiger partial charge is 0.338 e. The van der Waals surface area contributed by atoms with Gasteiger partial charge < -0.3 is 9.84 Å². The Balaban J connectivity index is 2.15. The third-order valence-electron chi connectivity index (χ3n) is 2.74. The van der Waals surface area contributed by atoms with Gasteiger partial charge in [-0.15, -0.1) is 0 Å². The number of carbonyl (C=O) groups is 1. The molecule has 0 heterocycles. The second-order valence-electron chi connectivity index (χ2n) is 4.34. The molecule has 0 aliphatic rings. The lowest BCUT2D eigenvalue weighted by atomic mass is 10.1. The molecule has 2 aromatic carbocycles. The zero-order chi connectivity index (χ0) is 14.7. The quantitative estimate of drug-likeness (QED) is 0.909. The fourth-order valence-corrected chi connectivity index (χ4v) is 2.32. The molecule has 0 unspecified atom stereocenters. The van der Waals surface area contributed by atoms with E-state index in [1.54, 1.807) is 0 Å². The Kier molecular flexibility index (Phi) is 4.39. The van der Waals surface area contributed by atoms with Crippen molar-refractivity contribution in [2.45, 2.75) is 13.5 Å². The van der Waals surface area contributed by atoms with Crippen LogP contribution in [0.1, 0.15) is 21.5 Å². The van der Waals surface area contributed by atoms with Gasteiger partial charge in [-0.05, 0) is 58.2 Å². The third-order valence-corrected chi connectivity index (χ3v) is 3.36. The van der Waals surface area contributed by atoms with Crippen molar-refractivity contribution in [1.82, 2.24) is 0 Å². The van der Waals surface area contributed by atoms with Crippen LogP contribution in [0.3, 0.4) is 0 Å². The van der Waals surface area contributed by atoms with E-state index in [0.29, 0.717) is 11.3 Å². The van der Waals surface area contributed by atoms with E-state index in [4.69, 9.17) is 9.84 Å². The molecule has 1 N–H and O–H groups in total. The molecular formula is C15H12BrFO3. The molecule has 20 heavy (non-hydrogen) atoms. The van der Waals surface area contributed by atoms with Crippen molar-refractivity contribution in [2.24, 2.45) is 0 Å². The molecule has 2 aromatic rings. The lowest BCUT2D eigenvalue weighted by molar-refractivity contribution is 0.0691. The first-order chi connectivity index (χ1) is 9.47. The number of aryl methyl sites for hydroxylation is 1. The first kappa shape index (κ1) is 14.5. The maximum atomic E-state index is 13.3. The van der Waals surface area contributed by atoms with Crippen LogP contribution in [0.5, 0.6) is 5.75 Å². The molecule has 0 amide bonds. The molecular weight excluding hydrogens is 327 g/mol. The number of hydrogen-bond donors (Lipinski definition) is 1. The topological polar surface area (TPSA) is 46.5 Å². The van der Waals surface area contributed by atoms with Crippen molar-refractivity contribution >= 4 is 21.9 Å². The molecule has 0 atom stereocenters. The van der Waals surface area contributed by atoms with Crippen molar-refractivity contribution < 1.29 is 19.0 Å². The van der Waals surface area contributed by atoms with E-state index in [1.165, 1.54) is 12.1 Å². The zero-order valence-electron chi connectivity index (χ0n) is 10.7. The predicted molar refractivity (Wildman–Crippen MR) is 76.6 cm³/mol. The van der Waals surface area contributed by atoms with Crippen LogP contribution in [0, 0.1) is 12.7 Å². The van der Waals surface area contributed by atoms with Crippen LogP contribution in [0.2, 0.25) is 0 Å². The third kappa shape index (κ3) is 3.36. The summed E-state index contributed by atoms with van der Waals surface area (Å²) in [4.78, 5) is 10.9. The minimum atomic E-state index is -1.29. The van der Waals surface area contributed by atoms with Gasteiger partial charge in [-0.2, -0.15) is 0 Å². The van der Waals surface area contributed by atoms with Crippen LogP contribution in [0.4, 0.5) is 4.39 Å². The Morgan fingerprint density at radius 1 is 1.30 bits per heavy atom. The van der Waals surface area contributed by atoms with E-state index >= 15 is 0 Å². The number of benzene rings is 2. The summed E-state index contributed by atoms with van der Waals surface area (Å²) < 4.78 is 19.7. The summed E-state index contributed by atoms with van der Waals surface area (Å²) in [5, 5.41) is 8.86. The van der Waals surface area contributed by atoms with Crippen LogP contribution in [0.15, 0.2) is 40.9 Å². The van der Waals surface area contributed by atoms with Crippen molar-refractivity contribution in [3.63, 3.8) is 0 Å². The van der Waals surface area contributed by atoms with Crippen LogP contribution in [-0.2, 0) is 6.61 Å². The minimum Gasteiger partial charge on any atom is -0.488 e. The van der Waals surface area contributed by atoms with Gasteiger partial charge in [0, 0.05) is 0 Å². The molecule has 0 aliphatic heterocycles. The molecule has 0 fully saturated rings. The highest BCUT2D eigenvalue weighted by Gasteiger charge is 2.11. The van der Waals surface area contributed by atoms with Gasteiger partial charge in [0.25, 0.3) is 0 Å². The number of hydrogen-bond acceptors (Lipinski definition) is 2. The zero-order valence-corrected chi connectivity index (χ0v) is 12.3. The Labute approximate surface area is 124 Å². The van der Waals surface area contributed by atoms with Gasteiger partial charge in [0.15, 0.2) is 0 Å². The standard InChI is InChI=1S/C15H12BrFO3/c1-9-2-5-14(12(16)6-9)20-8-10-3-4-13(17)11(7-10)15(18)19/h2-7H,8H2,1H3,(H,18,19). The van der Waals surface area contributed by atoms with Crippen molar-refractivity contribution in [2.75, 3.05) is 0 Å². The van der Waals surface area contributed by atoms with Gasteiger partial charge in [0.1, 0.15) is 18.2 Å². The molecule has 104 valence electrons. The number of aromatic carboxylic acids is 1. The van der Waals surface area contributed by atoms with E-state index in [-0.39, 0.29) is 12.2 Å². The van der Waals surface area contributed by atoms with E-state index < -0.39 is 11.8 Å². The highest BCUT2D eigenvalue weighted by atomic mass is 79.9. The van der Waals surface area contributed by atoms with Crippen LogP contribution in [0.25, 0.3) is 0 Å². The summed E-state index contributed by atoms with van der Waals surface area (Å²) in [5.41, 5.74) is 1.34. The number of carboxylic acid groups (broad SMARTS) is 1. The van der Waals surface area contributed by atoms with Gasteiger partial charge in [0.2, 0.25) is 0 Å². The van der Waals surface area contributed by atoms with E-state index in [1.807, 2.05) is 25.1 Å². The molecule has 0 saturated carbocycles. The number of ether oxygens (including phenoxy) is 1. The largest absolute Gasteiger partial charge is 0.488 e. The minimum absolute atomic E-state index is 0.169. The summed E-state index contributed by atoms with van der Waals surface area (Å²) in [6.45, 7) is 2.13. The summed E-state index contributed by atoms with van der Waals surface area (Å²) in [5.74, 6) is -1.39. The summed E-state index contributed by atoms with van der Waals surface area (Å²) in [6.07, 6.45) is 0. The van der Waals surface area contributed by atoms with Crippen molar-refractivity contribution in [3.8, 4) is 5.75 Å². The van der Waals surface area contributed by atoms with Crippen molar-refractivity contribution in [3.05, 3.63) is 63.4 Å². The van der Waals surface area contributed by atoms with Crippen LogP contribution >= 0.6 is 15.9 Å². The highest BCUT2D eigenvalue weighted by Crippen LogP contribution is 2.26. The Bertz CT molecular complexity index is 656. The number of carboxylic acids is 1. The monoisotopic (exact) mass is 338 g/mol. The molecule has 0 aliphatic carbocycles. The van der Waals surface area contributed by atoms with Gasteiger partial charge in [-0.25, -0.2) is 9.18 Å². The highest BCUT2D eigenvalue weighted by molar-refractivity contribution is 9.10. The van der Waals surface area contributed by atoms with Crippen molar-refractivity contribution in [1.29, 1.82) is 0 Å². The average molecular weight is 339 g/mol. The molecule has 3 nitrogen and oxygen atoms in total. The predicted octanol–water partition coefficient (Wildman–Crippen LogP) is 4.17. The normalized spacial score (nSPS) is 10.3. The van der Waals surface area contributed by atoms with Gasteiger partial charge >= 0.3 is 5.97 Å². The fraction of sp³-hybridized carbons (Fsp3) is 0.133. The maximum absolute atomic E-state index is 13.3. The van der Waals surface area contributed by atoms with E-state index in [0.717, 1.165) is 16.1 Å². The summed E-state index contributed by atoms with van der Waals surface area (Å²) in [7, 11) is 0. The fourth-order valence-electron chi connectivity index (χ4n) is 1.71. The Morgan fingerprint density at radius 3 is 2.70 bits per heavy atom. The Morgan fingerprint density at radius 2 is 2.05 bits per heavy atom. The summed E-state index contributed by atoms with van der Waals surface area (Å²) >= 11 is 3.39. The molecule has 0 spiro atoms. The van der Waals surface area contributed by atoms with Crippen LogP contribution < -0.4 is 4.74 Å². The molecule has 0 bridgehead atoms. The van der Waals surface area contributed by atoms with E-state index in [9.17, 15) is 9.18 Å². The Hall–Kier alpha value is -1.88. The molecule has 2 rings (SSSR count). The SMILES string of the molecule is Cc1ccc(OCc2ccc(F)c(C(=O)O)c2)c(Br)c1. The lowest BCUT2D eigenvalue weighted by Gasteiger charge is -2.09. The molecule has 0 radical (unpaired) electrons. The number of halogens is 2. The maximum Gasteiger partial charge on any atom is 0.338 e. The first-order valence-electron chi connectivity index (χ1n) is 5.88. The summed E-state index contributed by atoms with van der Waals surface area (Å²) in [6, 6.07) is 9.56. The molecule has 5 heteroatoms. The van der Waals surface area contributed by atoms with Gasteiger partial charge in [0.05, 0.1) is 10.0 Å².